The molecule has 1 aliphatic rings. The molecule has 0 spiro atoms. The number of piperidine rings is 1. The molecule has 0 aliphatic carbocycles. The fraction of sp³-hybridized carbons (Fsp3) is 0.368. The van der Waals surface area contributed by atoms with E-state index in [1.807, 2.05) is 0 Å². The number of ether oxygens (including phenoxy) is 1. The molecule has 0 bridgehead atoms. The minimum atomic E-state index is -3.64. The molecule has 0 radical (unpaired) electrons. The lowest BCUT2D eigenvalue weighted by Crippen LogP contribution is -2.40. The Balaban J connectivity index is 1.53. The van der Waals surface area contributed by atoms with Gasteiger partial charge in [-0.05, 0) is 54.5 Å². The van der Waals surface area contributed by atoms with Gasteiger partial charge in [0.25, 0.3) is 15.9 Å². The van der Waals surface area contributed by atoms with Crippen molar-refractivity contribution in [3.63, 3.8) is 0 Å². The molecule has 3 rings (SSSR count). The number of esters is 1. The summed E-state index contributed by atoms with van der Waals surface area (Å²) in [5, 5.41) is 1.68. The number of amides is 1. The van der Waals surface area contributed by atoms with Crippen molar-refractivity contribution in [1.29, 1.82) is 0 Å². The average molecular weight is 423 g/mol. The van der Waals surface area contributed by atoms with Crippen molar-refractivity contribution in [2.45, 2.75) is 24.0 Å². The van der Waals surface area contributed by atoms with Crippen LogP contribution >= 0.6 is 11.3 Å². The summed E-state index contributed by atoms with van der Waals surface area (Å²) in [5.74, 6) is -0.200. The topological polar surface area (TPSA) is 92.8 Å². The summed E-state index contributed by atoms with van der Waals surface area (Å²) in [5.41, 5.74) is 0.586. The Bertz CT molecular complexity index is 916. The summed E-state index contributed by atoms with van der Waals surface area (Å²) in [6.07, 6.45) is 1.92. The number of carbonyl (C=O) groups excluding carboxylic acids is 2. The van der Waals surface area contributed by atoms with Crippen molar-refractivity contribution in [2.24, 2.45) is 5.92 Å². The first-order valence-corrected chi connectivity index (χ1v) is 11.3. The molecule has 0 atom stereocenters. The first-order valence-electron chi connectivity index (χ1n) is 8.96. The maximum absolute atomic E-state index is 12.2. The highest BCUT2D eigenvalue weighted by Gasteiger charge is 2.21. The maximum Gasteiger partial charge on any atom is 0.338 e. The molecule has 0 unspecified atom stereocenters. The predicted molar refractivity (Wildman–Crippen MR) is 107 cm³/mol. The van der Waals surface area contributed by atoms with Gasteiger partial charge >= 0.3 is 5.97 Å². The molecule has 1 N–H and O–H groups in total. The molecule has 1 aromatic carbocycles. The summed E-state index contributed by atoms with van der Waals surface area (Å²) in [4.78, 5) is 26.0. The van der Waals surface area contributed by atoms with Gasteiger partial charge in [-0.15, -0.1) is 11.3 Å². The lowest BCUT2D eigenvalue weighted by molar-refractivity contribution is -0.135. The van der Waals surface area contributed by atoms with E-state index in [1.54, 1.807) is 16.3 Å². The Morgan fingerprint density at radius 2 is 1.86 bits per heavy atom. The van der Waals surface area contributed by atoms with Gasteiger partial charge in [0.1, 0.15) is 4.21 Å². The molecular weight excluding hydrogens is 400 g/mol. The number of hydrogen-bond donors (Lipinski definition) is 1. The summed E-state index contributed by atoms with van der Waals surface area (Å²) in [7, 11) is -3.64. The largest absolute Gasteiger partial charge is 0.452 e. The van der Waals surface area contributed by atoms with Crippen LogP contribution in [-0.4, -0.2) is 44.9 Å². The van der Waals surface area contributed by atoms with E-state index in [-0.39, 0.29) is 22.3 Å². The van der Waals surface area contributed by atoms with Gasteiger partial charge in [0, 0.05) is 18.8 Å². The Labute approximate surface area is 168 Å². The highest BCUT2D eigenvalue weighted by molar-refractivity contribution is 7.94. The minimum absolute atomic E-state index is 0.194. The summed E-state index contributed by atoms with van der Waals surface area (Å²) >= 11 is 1.12. The van der Waals surface area contributed by atoms with Crippen molar-refractivity contribution >= 4 is 38.9 Å². The van der Waals surface area contributed by atoms with E-state index in [9.17, 15) is 18.0 Å². The number of thiophene rings is 1. The quantitative estimate of drug-likeness (QED) is 0.723. The zero-order valence-corrected chi connectivity index (χ0v) is 17.1. The Morgan fingerprint density at radius 1 is 1.18 bits per heavy atom. The standard InChI is InChI=1S/C19H22N2O5S2/c1-14-8-10-21(11-9-14)17(22)13-26-19(23)15-4-6-16(7-5-15)20-28(24,25)18-3-2-12-27-18/h2-7,12,14,20H,8-11,13H2,1H3. The third kappa shape index (κ3) is 5.11. The number of carbonyl (C=O) groups is 2. The van der Waals surface area contributed by atoms with Crippen LogP contribution in [0.2, 0.25) is 0 Å². The molecule has 7 nitrogen and oxygen atoms in total. The van der Waals surface area contributed by atoms with E-state index < -0.39 is 16.0 Å². The fourth-order valence-corrected chi connectivity index (χ4v) is 4.91. The van der Waals surface area contributed by atoms with E-state index >= 15 is 0 Å². The zero-order chi connectivity index (χ0) is 20.1. The molecule has 1 fully saturated rings. The van der Waals surface area contributed by atoms with Gasteiger partial charge in [-0.1, -0.05) is 13.0 Å². The number of anilines is 1. The predicted octanol–water partition coefficient (Wildman–Crippen LogP) is 2.96. The average Bonchev–Trinajstić information content (AvgIpc) is 3.22. The van der Waals surface area contributed by atoms with Crippen LogP contribution in [-0.2, 0) is 19.6 Å². The number of hydrogen-bond acceptors (Lipinski definition) is 6. The third-order valence-corrected chi connectivity index (χ3v) is 7.37. The third-order valence-electron chi connectivity index (χ3n) is 4.60. The van der Waals surface area contributed by atoms with Crippen LogP contribution in [0, 0.1) is 5.92 Å². The number of benzene rings is 1. The Morgan fingerprint density at radius 3 is 2.46 bits per heavy atom. The molecule has 9 heteroatoms. The van der Waals surface area contributed by atoms with Crippen LogP contribution in [0.25, 0.3) is 0 Å². The van der Waals surface area contributed by atoms with Crippen molar-refractivity contribution in [1.82, 2.24) is 4.90 Å². The Kier molecular flexibility index (Phi) is 6.35. The monoisotopic (exact) mass is 422 g/mol. The first kappa shape index (κ1) is 20.3. The number of likely N-dealkylation sites (tertiary alicyclic amines) is 1. The summed E-state index contributed by atoms with van der Waals surface area (Å²) < 4.78 is 32.2. The lowest BCUT2D eigenvalue weighted by atomic mass is 9.99. The van der Waals surface area contributed by atoms with Gasteiger partial charge in [-0.25, -0.2) is 13.2 Å². The van der Waals surface area contributed by atoms with Gasteiger partial charge < -0.3 is 9.64 Å². The smallest absolute Gasteiger partial charge is 0.338 e. The molecule has 1 amide bonds. The van der Waals surface area contributed by atoms with Crippen LogP contribution in [0.1, 0.15) is 30.1 Å². The second kappa shape index (κ2) is 8.74. The van der Waals surface area contributed by atoms with E-state index in [1.165, 1.54) is 30.3 Å². The first-order chi connectivity index (χ1) is 13.3. The number of sulfonamides is 1. The van der Waals surface area contributed by atoms with Crippen LogP contribution in [0.3, 0.4) is 0 Å². The second-order valence-electron chi connectivity index (χ2n) is 6.75. The van der Waals surface area contributed by atoms with Crippen molar-refractivity contribution in [3.8, 4) is 0 Å². The van der Waals surface area contributed by atoms with Crippen LogP contribution in [0.4, 0.5) is 5.69 Å². The van der Waals surface area contributed by atoms with E-state index in [0.717, 1.165) is 24.2 Å². The fourth-order valence-electron chi connectivity index (χ4n) is 2.86. The summed E-state index contributed by atoms with van der Waals surface area (Å²) in [6, 6.07) is 9.05. The molecule has 1 saturated heterocycles. The van der Waals surface area contributed by atoms with Crippen LogP contribution in [0.5, 0.6) is 0 Å². The van der Waals surface area contributed by atoms with Crippen molar-refractivity contribution in [3.05, 3.63) is 47.3 Å². The van der Waals surface area contributed by atoms with E-state index in [4.69, 9.17) is 4.74 Å². The molecule has 1 aliphatic heterocycles. The second-order valence-corrected chi connectivity index (χ2v) is 9.61. The molecule has 2 heterocycles. The minimum Gasteiger partial charge on any atom is -0.452 e. The van der Waals surface area contributed by atoms with Gasteiger partial charge in [0.2, 0.25) is 0 Å². The number of nitrogens with zero attached hydrogens (tertiary/aromatic N) is 1. The van der Waals surface area contributed by atoms with E-state index in [2.05, 4.69) is 11.6 Å². The van der Waals surface area contributed by atoms with Crippen molar-refractivity contribution in [2.75, 3.05) is 24.4 Å². The van der Waals surface area contributed by atoms with Crippen molar-refractivity contribution < 1.29 is 22.7 Å². The molecular formula is C19H22N2O5S2. The molecule has 2 aromatic rings. The highest BCUT2D eigenvalue weighted by atomic mass is 32.2. The zero-order valence-electron chi connectivity index (χ0n) is 15.5. The van der Waals surface area contributed by atoms with Crippen LogP contribution in [0.15, 0.2) is 46.0 Å². The molecule has 150 valence electrons. The van der Waals surface area contributed by atoms with Gasteiger partial charge in [-0.2, -0.15) is 0 Å². The maximum atomic E-state index is 12.2. The SMILES string of the molecule is CC1CCN(C(=O)COC(=O)c2ccc(NS(=O)(=O)c3cccs3)cc2)CC1. The van der Waals surface area contributed by atoms with Gasteiger partial charge in [0.05, 0.1) is 5.56 Å². The molecule has 1 aromatic heterocycles. The van der Waals surface area contributed by atoms with E-state index in [0.29, 0.717) is 24.7 Å². The normalized spacial score (nSPS) is 15.2. The van der Waals surface area contributed by atoms with Gasteiger partial charge in [0.15, 0.2) is 6.61 Å². The Hall–Kier alpha value is -2.39. The number of nitrogens with one attached hydrogen (secondary N) is 1. The lowest BCUT2D eigenvalue weighted by Gasteiger charge is -2.30. The number of rotatable bonds is 6. The molecule has 0 saturated carbocycles. The molecule has 28 heavy (non-hydrogen) atoms. The summed E-state index contributed by atoms with van der Waals surface area (Å²) in [6.45, 7) is 3.25. The van der Waals surface area contributed by atoms with Crippen LogP contribution < -0.4 is 4.72 Å². The van der Waals surface area contributed by atoms with Gasteiger partial charge in [-0.3, -0.25) is 9.52 Å². The highest BCUT2D eigenvalue weighted by Crippen LogP contribution is 2.21.